The molecule has 0 saturated carbocycles. The van der Waals surface area contributed by atoms with Gasteiger partial charge in [0, 0.05) is 19.7 Å². The van der Waals surface area contributed by atoms with Crippen LogP contribution >= 0.6 is 0 Å². The number of hydrogen-bond acceptors (Lipinski definition) is 3. The van der Waals surface area contributed by atoms with Crippen molar-refractivity contribution in [1.82, 2.24) is 0 Å². The van der Waals surface area contributed by atoms with E-state index in [1.165, 1.54) is 12.1 Å². The molecule has 2 rings (SSSR count). The van der Waals surface area contributed by atoms with Gasteiger partial charge in [0.2, 0.25) is 0 Å². The maximum absolute atomic E-state index is 12.9. The van der Waals surface area contributed by atoms with Crippen LogP contribution in [-0.4, -0.2) is 24.8 Å². The molecule has 1 saturated heterocycles. The van der Waals surface area contributed by atoms with E-state index in [0.29, 0.717) is 11.6 Å². The number of anilines is 2. The zero-order chi connectivity index (χ0) is 11.5. The van der Waals surface area contributed by atoms with E-state index in [4.69, 9.17) is 10.8 Å². The minimum atomic E-state index is -0.308. The Hall–Kier alpha value is -1.29. The Kier molecular flexibility index (Phi) is 3.29. The number of halogens is 1. The maximum Gasteiger partial charge on any atom is 0.125 e. The van der Waals surface area contributed by atoms with Crippen molar-refractivity contribution in [3.05, 3.63) is 24.0 Å². The molecule has 0 aliphatic carbocycles. The van der Waals surface area contributed by atoms with Crippen LogP contribution in [0.15, 0.2) is 18.2 Å². The van der Waals surface area contributed by atoms with Crippen LogP contribution in [0.25, 0.3) is 0 Å². The van der Waals surface area contributed by atoms with Crippen molar-refractivity contribution in [2.24, 2.45) is 5.92 Å². The molecule has 0 spiro atoms. The van der Waals surface area contributed by atoms with Gasteiger partial charge in [-0.25, -0.2) is 4.39 Å². The van der Waals surface area contributed by atoms with Crippen LogP contribution in [0, 0.1) is 11.7 Å². The highest BCUT2D eigenvalue weighted by Gasteiger charge is 2.20. The van der Waals surface area contributed by atoms with Crippen LogP contribution in [0.3, 0.4) is 0 Å². The lowest BCUT2D eigenvalue weighted by Gasteiger charge is -2.34. The number of nitrogens with zero attached hydrogens (tertiary/aromatic N) is 1. The second kappa shape index (κ2) is 4.70. The molecule has 1 aliphatic rings. The van der Waals surface area contributed by atoms with Crippen molar-refractivity contribution in [2.75, 3.05) is 30.3 Å². The molecule has 1 aromatic carbocycles. The van der Waals surface area contributed by atoms with Crippen LogP contribution < -0.4 is 10.6 Å². The third-order valence-corrected chi connectivity index (χ3v) is 3.11. The molecule has 1 unspecified atom stereocenters. The highest BCUT2D eigenvalue weighted by molar-refractivity contribution is 5.67. The van der Waals surface area contributed by atoms with Gasteiger partial charge in [0.25, 0.3) is 0 Å². The molecule has 0 aromatic heterocycles. The van der Waals surface area contributed by atoms with Crippen molar-refractivity contribution in [3.8, 4) is 0 Å². The molecule has 88 valence electrons. The SMILES string of the molecule is Nc1cc(F)ccc1N1CCCC(CO)C1. The monoisotopic (exact) mass is 224 g/mol. The summed E-state index contributed by atoms with van der Waals surface area (Å²) in [5.41, 5.74) is 7.14. The Morgan fingerprint density at radius 1 is 1.50 bits per heavy atom. The molecule has 1 aromatic rings. The summed E-state index contributed by atoms with van der Waals surface area (Å²) in [5, 5.41) is 9.15. The average Bonchev–Trinajstić information content (AvgIpc) is 2.29. The summed E-state index contributed by atoms with van der Waals surface area (Å²) in [4.78, 5) is 2.12. The van der Waals surface area contributed by atoms with E-state index >= 15 is 0 Å². The highest BCUT2D eigenvalue weighted by atomic mass is 19.1. The number of nitrogen functional groups attached to an aromatic ring is 1. The number of benzene rings is 1. The summed E-state index contributed by atoms with van der Waals surface area (Å²) in [6, 6.07) is 4.48. The van der Waals surface area contributed by atoms with E-state index in [1.54, 1.807) is 6.07 Å². The Labute approximate surface area is 94.7 Å². The average molecular weight is 224 g/mol. The van der Waals surface area contributed by atoms with E-state index in [9.17, 15) is 4.39 Å². The Morgan fingerprint density at radius 3 is 3.00 bits per heavy atom. The first-order valence-electron chi connectivity index (χ1n) is 5.61. The molecule has 16 heavy (non-hydrogen) atoms. The molecule has 4 heteroatoms. The molecule has 3 N–H and O–H groups in total. The predicted octanol–water partition coefficient (Wildman–Crippen LogP) is 1.62. The number of piperidine rings is 1. The van der Waals surface area contributed by atoms with Gasteiger partial charge in [-0.2, -0.15) is 0 Å². The third-order valence-electron chi connectivity index (χ3n) is 3.11. The molecule has 0 bridgehead atoms. The summed E-state index contributed by atoms with van der Waals surface area (Å²) in [5.74, 6) is -0.00447. The van der Waals surface area contributed by atoms with Gasteiger partial charge in [-0.3, -0.25) is 0 Å². The van der Waals surface area contributed by atoms with E-state index < -0.39 is 0 Å². The Balaban J connectivity index is 2.16. The first-order chi connectivity index (χ1) is 7.70. The molecule has 1 aliphatic heterocycles. The molecule has 1 heterocycles. The molecular weight excluding hydrogens is 207 g/mol. The first kappa shape index (κ1) is 11.2. The van der Waals surface area contributed by atoms with E-state index in [2.05, 4.69) is 4.90 Å². The summed E-state index contributed by atoms with van der Waals surface area (Å²) in [6.45, 7) is 1.93. The summed E-state index contributed by atoms with van der Waals surface area (Å²) < 4.78 is 12.9. The normalized spacial score (nSPS) is 21.1. The predicted molar refractivity (Wildman–Crippen MR) is 62.8 cm³/mol. The van der Waals surface area contributed by atoms with Crippen molar-refractivity contribution in [1.29, 1.82) is 0 Å². The van der Waals surface area contributed by atoms with Crippen molar-refractivity contribution in [3.63, 3.8) is 0 Å². The first-order valence-corrected chi connectivity index (χ1v) is 5.61. The topological polar surface area (TPSA) is 49.5 Å². The zero-order valence-corrected chi connectivity index (χ0v) is 9.19. The quantitative estimate of drug-likeness (QED) is 0.750. The molecular formula is C12H17FN2O. The third kappa shape index (κ3) is 2.27. The van der Waals surface area contributed by atoms with E-state index in [-0.39, 0.29) is 12.4 Å². The maximum atomic E-state index is 12.9. The Bertz CT molecular complexity index is 370. The number of aliphatic hydroxyl groups is 1. The van der Waals surface area contributed by atoms with Crippen LogP contribution in [0.4, 0.5) is 15.8 Å². The van der Waals surface area contributed by atoms with E-state index in [0.717, 1.165) is 31.6 Å². The molecule has 3 nitrogen and oxygen atoms in total. The lowest BCUT2D eigenvalue weighted by Crippen LogP contribution is -2.37. The summed E-state index contributed by atoms with van der Waals surface area (Å²) >= 11 is 0. The molecule has 0 radical (unpaired) electrons. The highest BCUT2D eigenvalue weighted by Crippen LogP contribution is 2.28. The fraction of sp³-hybridized carbons (Fsp3) is 0.500. The van der Waals surface area contributed by atoms with Gasteiger partial charge >= 0.3 is 0 Å². The van der Waals surface area contributed by atoms with Crippen molar-refractivity contribution < 1.29 is 9.50 Å². The van der Waals surface area contributed by atoms with Crippen LogP contribution in [-0.2, 0) is 0 Å². The zero-order valence-electron chi connectivity index (χ0n) is 9.19. The van der Waals surface area contributed by atoms with Gasteiger partial charge < -0.3 is 15.7 Å². The van der Waals surface area contributed by atoms with Crippen molar-refractivity contribution >= 4 is 11.4 Å². The number of aliphatic hydroxyl groups excluding tert-OH is 1. The van der Waals surface area contributed by atoms with E-state index in [1.807, 2.05) is 0 Å². The van der Waals surface area contributed by atoms with Gasteiger partial charge in [0.1, 0.15) is 5.82 Å². The van der Waals surface area contributed by atoms with Gasteiger partial charge in [-0.1, -0.05) is 0 Å². The van der Waals surface area contributed by atoms with Crippen molar-refractivity contribution in [2.45, 2.75) is 12.8 Å². The molecule has 1 fully saturated rings. The van der Waals surface area contributed by atoms with Crippen LogP contribution in [0.1, 0.15) is 12.8 Å². The lowest BCUT2D eigenvalue weighted by molar-refractivity contribution is 0.209. The minimum absolute atomic E-state index is 0.206. The standard InChI is InChI=1S/C12H17FN2O/c13-10-3-4-12(11(14)6-10)15-5-1-2-9(7-15)8-16/h3-4,6,9,16H,1-2,5,7-8,14H2. The second-order valence-electron chi connectivity index (χ2n) is 4.34. The van der Waals surface area contributed by atoms with Gasteiger partial charge in [0.15, 0.2) is 0 Å². The fourth-order valence-corrected chi connectivity index (χ4v) is 2.25. The van der Waals surface area contributed by atoms with Gasteiger partial charge in [0.05, 0.1) is 11.4 Å². The number of nitrogens with two attached hydrogens (primary N) is 1. The second-order valence-corrected chi connectivity index (χ2v) is 4.34. The molecule has 0 amide bonds. The minimum Gasteiger partial charge on any atom is -0.397 e. The number of hydrogen-bond donors (Lipinski definition) is 2. The summed E-state index contributed by atoms with van der Waals surface area (Å²) in [7, 11) is 0. The summed E-state index contributed by atoms with van der Waals surface area (Å²) in [6.07, 6.45) is 2.09. The lowest BCUT2D eigenvalue weighted by atomic mass is 9.98. The Morgan fingerprint density at radius 2 is 2.31 bits per heavy atom. The largest absolute Gasteiger partial charge is 0.397 e. The molecule has 1 atom stereocenters. The van der Waals surface area contributed by atoms with Gasteiger partial charge in [-0.15, -0.1) is 0 Å². The van der Waals surface area contributed by atoms with Crippen LogP contribution in [0.5, 0.6) is 0 Å². The fourth-order valence-electron chi connectivity index (χ4n) is 2.25. The van der Waals surface area contributed by atoms with Crippen LogP contribution in [0.2, 0.25) is 0 Å². The number of rotatable bonds is 2. The van der Waals surface area contributed by atoms with Gasteiger partial charge in [-0.05, 0) is 37.0 Å². The smallest absolute Gasteiger partial charge is 0.125 e.